The molecule has 0 fully saturated rings. The van der Waals surface area contributed by atoms with Crippen LogP contribution in [0.3, 0.4) is 0 Å². The maximum absolute atomic E-state index is 13.0. The van der Waals surface area contributed by atoms with Crippen molar-refractivity contribution in [3.05, 3.63) is 101 Å². The Kier molecular flexibility index (Phi) is 4.73. The van der Waals surface area contributed by atoms with Crippen molar-refractivity contribution in [2.45, 2.75) is 20.4 Å². The van der Waals surface area contributed by atoms with E-state index in [2.05, 4.69) is 4.57 Å². The van der Waals surface area contributed by atoms with Crippen molar-refractivity contribution in [2.24, 2.45) is 0 Å². The van der Waals surface area contributed by atoms with Crippen LogP contribution >= 0.6 is 0 Å². The Bertz CT molecular complexity index is 1530. The first kappa shape index (κ1) is 20.3. The molecule has 0 bridgehead atoms. The molecule has 0 spiro atoms. The van der Waals surface area contributed by atoms with Crippen LogP contribution in [0.4, 0.5) is 0 Å². The fourth-order valence-electron chi connectivity index (χ4n) is 4.51. The highest BCUT2D eigenvalue weighted by atomic mass is 16.7. The molecule has 3 aromatic carbocycles. The van der Waals surface area contributed by atoms with E-state index < -0.39 is 0 Å². The molecule has 0 N–H and O–H groups in total. The van der Waals surface area contributed by atoms with Crippen molar-refractivity contribution in [3.63, 3.8) is 0 Å². The van der Waals surface area contributed by atoms with E-state index >= 15 is 0 Å². The van der Waals surface area contributed by atoms with E-state index in [1.54, 1.807) is 6.26 Å². The molecule has 6 nitrogen and oxygen atoms in total. The summed E-state index contributed by atoms with van der Waals surface area (Å²) in [6, 6.07) is 21.0. The first-order valence-corrected chi connectivity index (χ1v) is 11.1. The van der Waals surface area contributed by atoms with Crippen molar-refractivity contribution in [1.29, 1.82) is 0 Å². The van der Waals surface area contributed by atoms with Gasteiger partial charge in [0.05, 0.1) is 22.9 Å². The molecule has 2 aromatic heterocycles. The standard InChI is InChI=1S/C28H22N2O4/c1-17-15-32-18(2)26(17)28-29-22-13-21(27(31)20-6-4-3-5-7-20)9-10-23(22)30(28)14-19-8-11-24-25(12-19)34-16-33-24/h3-13,15H,14,16H2,1-2H3. The lowest BCUT2D eigenvalue weighted by Crippen LogP contribution is -2.04. The average Bonchev–Trinajstić information content (AvgIpc) is 3.56. The van der Waals surface area contributed by atoms with Crippen LogP contribution in [-0.2, 0) is 6.54 Å². The van der Waals surface area contributed by atoms with E-state index in [0.717, 1.165) is 50.8 Å². The Morgan fingerprint density at radius 2 is 1.76 bits per heavy atom. The summed E-state index contributed by atoms with van der Waals surface area (Å²) in [6.45, 7) is 4.78. The highest BCUT2D eigenvalue weighted by Gasteiger charge is 2.21. The van der Waals surface area contributed by atoms with E-state index in [4.69, 9.17) is 18.9 Å². The van der Waals surface area contributed by atoms with Gasteiger partial charge in [0, 0.05) is 17.7 Å². The van der Waals surface area contributed by atoms with Gasteiger partial charge in [-0.2, -0.15) is 0 Å². The minimum atomic E-state index is -0.0231. The normalized spacial score (nSPS) is 12.4. The molecule has 0 saturated heterocycles. The Labute approximate surface area is 196 Å². The lowest BCUT2D eigenvalue weighted by atomic mass is 10.0. The third kappa shape index (κ3) is 3.35. The van der Waals surface area contributed by atoms with Crippen molar-refractivity contribution < 1.29 is 18.7 Å². The summed E-state index contributed by atoms with van der Waals surface area (Å²) in [5, 5.41) is 0. The molecule has 6 rings (SSSR count). The molecule has 0 unspecified atom stereocenters. The maximum atomic E-state index is 13.0. The SMILES string of the molecule is Cc1coc(C)c1-c1nc2cc(C(=O)c3ccccc3)ccc2n1Cc1ccc2c(c1)OCO2. The van der Waals surface area contributed by atoms with E-state index in [1.165, 1.54) is 0 Å². The molecule has 34 heavy (non-hydrogen) atoms. The Hall–Kier alpha value is -4.32. The summed E-state index contributed by atoms with van der Waals surface area (Å²) in [5.74, 6) is 3.09. The minimum absolute atomic E-state index is 0.0231. The second kappa shape index (κ2) is 7.92. The van der Waals surface area contributed by atoms with Crippen LogP contribution in [0.2, 0.25) is 0 Å². The summed E-state index contributed by atoms with van der Waals surface area (Å²) in [6.07, 6.45) is 1.75. The predicted molar refractivity (Wildman–Crippen MR) is 128 cm³/mol. The monoisotopic (exact) mass is 450 g/mol. The smallest absolute Gasteiger partial charge is 0.231 e. The minimum Gasteiger partial charge on any atom is -0.469 e. The number of aromatic nitrogens is 2. The maximum Gasteiger partial charge on any atom is 0.231 e. The number of benzene rings is 3. The molecule has 5 aromatic rings. The van der Waals surface area contributed by atoms with Crippen molar-refractivity contribution in [2.75, 3.05) is 6.79 Å². The van der Waals surface area contributed by atoms with Gasteiger partial charge in [-0.3, -0.25) is 4.79 Å². The highest BCUT2D eigenvalue weighted by molar-refractivity contribution is 6.10. The number of imidazole rings is 1. The fourth-order valence-corrected chi connectivity index (χ4v) is 4.51. The van der Waals surface area contributed by atoms with E-state index in [0.29, 0.717) is 17.7 Å². The topological polar surface area (TPSA) is 66.5 Å². The van der Waals surface area contributed by atoms with Crippen molar-refractivity contribution in [1.82, 2.24) is 9.55 Å². The zero-order valence-corrected chi connectivity index (χ0v) is 18.9. The number of fused-ring (bicyclic) bond motifs is 2. The number of ether oxygens (including phenoxy) is 2. The van der Waals surface area contributed by atoms with Crippen LogP contribution in [0.25, 0.3) is 22.4 Å². The zero-order chi connectivity index (χ0) is 23.2. The van der Waals surface area contributed by atoms with Crippen molar-refractivity contribution >= 4 is 16.8 Å². The van der Waals surface area contributed by atoms with E-state index in [-0.39, 0.29) is 12.6 Å². The van der Waals surface area contributed by atoms with E-state index in [9.17, 15) is 4.79 Å². The Morgan fingerprint density at radius 3 is 2.56 bits per heavy atom. The number of nitrogens with zero attached hydrogens (tertiary/aromatic N) is 2. The van der Waals surface area contributed by atoms with Gasteiger partial charge in [-0.15, -0.1) is 0 Å². The summed E-state index contributed by atoms with van der Waals surface area (Å²) in [4.78, 5) is 18.0. The van der Waals surface area contributed by atoms with Crippen molar-refractivity contribution in [3.8, 4) is 22.9 Å². The molecular formula is C28H22N2O4. The third-order valence-corrected chi connectivity index (χ3v) is 6.21. The number of hydrogen-bond acceptors (Lipinski definition) is 5. The van der Waals surface area contributed by atoms with Gasteiger partial charge in [-0.1, -0.05) is 36.4 Å². The van der Waals surface area contributed by atoms with Crippen LogP contribution in [0.5, 0.6) is 11.5 Å². The molecule has 3 heterocycles. The second-order valence-corrected chi connectivity index (χ2v) is 8.46. The summed E-state index contributed by atoms with van der Waals surface area (Å²) >= 11 is 0. The number of furan rings is 1. The van der Waals surface area contributed by atoms with E-state index in [1.807, 2.05) is 80.6 Å². The van der Waals surface area contributed by atoms with Gasteiger partial charge >= 0.3 is 0 Å². The van der Waals surface area contributed by atoms with Crippen LogP contribution < -0.4 is 9.47 Å². The Balaban J connectivity index is 1.49. The van der Waals surface area contributed by atoms with Crippen LogP contribution in [0, 0.1) is 13.8 Å². The largest absolute Gasteiger partial charge is 0.469 e. The number of carbonyl (C=O) groups is 1. The fraction of sp³-hybridized carbons (Fsp3) is 0.143. The van der Waals surface area contributed by atoms with Gasteiger partial charge in [-0.05, 0) is 55.3 Å². The summed E-state index contributed by atoms with van der Waals surface area (Å²) in [5.41, 5.74) is 6.01. The number of carbonyl (C=O) groups excluding carboxylic acids is 1. The summed E-state index contributed by atoms with van der Waals surface area (Å²) in [7, 11) is 0. The molecule has 6 heteroatoms. The predicted octanol–water partition coefficient (Wildman–Crippen LogP) is 5.92. The molecule has 0 saturated carbocycles. The number of ketones is 1. The second-order valence-electron chi connectivity index (χ2n) is 8.46. The molecule has 168 valence electrons. The number of rotatable bonds is 5. The van der Waals surface area contributed by atoms with Gasteiger partial charge in [0.1, 0.15) is 11.6 Å². The van der Waals surface area contributed by atoms with Crippen LogP contribution in [0.15, 0.2) is 77.4 Å². The van der Waals surface area contributed by atoms with Gasteiger partial charge in [0.2, 0.25) is 6.79 Å². The zero-order valence-electron chi connectivity index (χ0n) is 18.9. The summed E-state index contributed by atoms with van der Waals surface area (Å²) < 4.78 is 18.9. The molecule has 1 aliphatic heterocycles. The van der Waals surface area contributed by atoms with Gasteiger partial charge in [0.15, 0.2) is 17.3 Å². The lowest BCUT2D eigenvalue weighted by molar-refractivity contribution is 0.103. The Morgan fingerprint density at radius 1 is 0.941 bits per heavy atom. The van der Waals surface area contributed by atoms with Gasteiger partial charge in [0.25, 0.3) is 0 Å². The first-order valence-electron chi connectivity index (χ1n) is 11.1. The third-order valence-electron chi connectivity index (χ3n) is 6.21. The number of hydrogen-bond donors (Lipinski definition) is 0. The average molecular weight is 450 g/mol. The molecule has 0 amide bonds. The lowest BCUT2D eigenvalue weighted by Gasteiger charge is -2.11. The van der Waals surface area contributed by atoms with Gasteiger partial charge < -0.3 is 18.5 Å². The van der Waals surface area contributed by atoms with Crippen LogP contribution in [0.1, 0.15) is 32.8 Å². The highest BCUT2D eigenvalue weighted by Crippen LogP contribution is 2.35. The quantitative estimate of drug-likeness (QED) is 0.311. The molecule has 1 aliphatic rings. The molecule has 0 aliphatic carbocycles. The first-order chi connectivity index (χ1) is 16.6. The van der Waals surface area contributed by atoms with Gasteiger partial charge in [-0.25, -0.2) is 4.98 Å². The molecular weight excluding hydrogens is 428 g/mol. The molecule has 0 atom stereocenters. The van der Waals surface area contributed by atoms with Crippen LogP contribution in [-0.4, -0.2) is 22.1 Å². The number of aryl methyl sites for hydroxylation is 2. The molecule has 0 radical (unpaired) electrons.